The monoisotopic (exact) mass is 307 g/mol. The average Bonchev–Trinajstić information content (AvgIpc) is 2.66. The summed E-state index contributed by atoms with van der Waals surface area (Å²) in [6.45, 7) is 0.972. The van der Waals surface area contributed by atoms with Crippen LogP contribution in [0.15, 0.2) is 18.5 Å². The molecule has 1 rings (SSSR count). The van der Waals surface area contributed by atoms with E-state index in [2.05, 4.69) is 27.3 Å². The number of halogens is 1. The van der Waals surface area contributed by atoms with Gasteiger partial charge >= 0.3 is 5.97 Å². The second-order valence-electron chi connectivity index (χ2n) is 3.03. The van der Waals surface area contributed by atoms with Gasteiger partial charge in [0, 0.05) is 18.9 Å². The molecule has 1 aromatic rings. The largest absolute Gasteiger partial charge is 0.465 e. The Balaban J connectivity index is 2.46. The third kappa shape index (κ3) is 3.32. The summed E-state index contributed by atoms with van der Waals surface area (Å²) in [6.07, 6.45) is 6.11. The maximum absolute atomic E-state index is 11.1. The fraction of sp³-hybridized carbons (Fsp3) is 0.500. The Kier molecular flexibility index (Phi) is 5.00. The molecule has 0 unspecified atom stereocenters. The maximum atomic E-state index is 11.1. The molecule has 0 saturated heterocycles. The number of rotatable bonds is 5. The molecule has 4 heteroatoms. The summed E-state index contributed by atoms with van der Waals surface area (Å²) < 4.78 is 7.83. The van der Waals surface area contributed by atoms with E-state index in [0.29, 0.717) is 5.56 Å². The molecular weight excluding hydrogens is 293 g/mol. The van der Waals surface area contributed by atoms with Crippen LogP contribution in [0.2, 0.25) is 0 Å². The molecule has 0 spiro atoms. The van der Waals surface area contributed by atoms with Crippen LogP contribution in [-0.4, -0.2) is 22.1 Å². The molecule has 0 aliphatic carbocycles. The maximum Gasteiger partial charge on any atom is 0.339 e. The molecular formula is C10H14INO2. The van der Waals surface area contributed by atoms with Crippen LogP contribution in [0.1, 0.15) is 23.2 Å². The zero-order chi connectivity index (χ0) is 10.4. The van der Waals surface area contributed by atoms with Gasteiger partial charge < -0.3 is 9.30 Å². The Bertz CT molecular complexity index is 296. The van der Waals surface area contributed by atoms with E-state index in [-0.39, 0.29) is 5.97 Å². The Hall–Kier alpha value is -0.520. The van der Waals surface area contributed by atoms with Gasteiger partial charge in [0.1, 0.15) is 0 Å². The number of alkyl halides is 1. The number of carbonyl (C=O) groups is 1. The smallest absolute Gasteiger partial charge is 0.339 e. The van der Waals surface area contributed by atoms with E-state index >= 15 is 0 Å². The number of unbranched alkanes of at least 4 members (excludes halogenated alkanes) is 1. The number of carbonyl (C=O) groups excluding carboxylic acids is 1. The lowest BCUT2D eigenvalue weighted by Gasteiger charge is -2.00. The second-order valence-corrected chi connectivity index (χ2v) is 4.10. The van der Waals surface area contributed by atoms with Crippen LogP contribution in [-0.2, 0) is 11.3 Å². The van der Waals surface area contributed by atoms with Crippen molar-refractivity contribution in [3.63, 3.8) is 0 Å². The van der Waals surface area contributed by atoms with Gasteiger partial charge in [-0.2, -0.15) is 0 Å². The molecule has 0 atom stereocenters. The Morgan fingerprint density at radius 1 is 1.57 bits per heavy atom. The molecule has 0 bridgehead atoms. The minimum atomic E-state index is -0.266. The number of aromatic nitrogens is 1. The number of esters is 1. The summed E-state index contributed by atoms with van der Waals surface area (Å²) in [5, 5.41) is 0. The number of methoxy groups -OCH3 is 1. The molecule has 14 heavy (non-hydrogen) atoms. The first-order valence-electron chi connectivity index (χ1n) is 4.58. The van der Waals surface area contributed by atoms with E-state index in [1.54, 1.807) is 6.07 Å². The van der Waals surface area contributed by atoms with Gasteiger partial charge in [0.05, 0.1) is 12.7 Å². The summed E-state index contributed by atoms with van der Waals surface area (Å²) in [7, 11) is 1.40. The highest BCUT2D eigenvalue weighted by atomic mass is 127. The topological polar surface area (TPSA) is 31.2 Å². The van der Waals surface area contributed by atoms with Gasteiger partial charge in [-0.3, -0.25) is 0 Å². The number of hydrogen-bond acceptors (Lipinski definition) is 2. The van der Waals surface area contributed by atoms with Crippen LogP contribution < -0.4 is 0 Å². The number of hydrogen-bond donors (Lipinski definition) is 0. The summed E-state index contributed by atoms with van der Waals surface area (Å²) in [4.78, 5) is 11.1. The highest BCUT2D eigenvalue weighted by Crippen LogP contribution is 2.05. The van der Waals surface area contributed by atoms with Gasteiger partial charge in [-0.15, -0.1) is 0 Å². The Labute approximate surface area is 97.6 Å². The summed E-state index contributed by atoms with van der Waals surface area (Å²) in [6, 6.07) is 1.79. The molecule has 1 heterocycles. The van der Waals surface area contributed by atoms with Crippen molar-refractivity contribution in [3.05, 3.63) is 24.0 Å². The van der Waals surface area contributed by atoms with Gasteiger partial charge in [0.15, 0.2) is 0 Å². The lowest BCUT2D eigenvalue weighted by atomic mass is 10.3. The summed E-state index contributed by atoms with van der Waals surface area (Å²) in [5.41, 5.74) is 0.627. The van der Waals surface area contributed by atoms with Gasteiger partial charge in [-0.1, -0.05) is 22.6 Å². The zero-order valence-corrected chi connectivity index (χ0v) is 10.4. The first kappa shape index (κ1) is 11.6. The van der Waals surface area contributed by atoms with Crippen molar-refractivity contribution in [2.75, 3.05) is 11.5 Å². The first-order chi connectivity index (χ1) is 6.77. The van der Waals surface area contributed by atoms with E-state index in [1.807, 2.05) is 17.0 Å². The van der Waals surface area contributed by atoms with Gasteiger partial charge in [0.25, 0.3) is 0 Å². The molecule has 78 valence electrons. The molecule has 3 nitrogen and oxygen atoms in total. The van der Waals surface area contributed by atoms with Crippen molar-refractivity contribution in [1.29, 1.82) is 0 Å². The van der Waals surface area contributed by atoms with E-state index in [1.165, 1.54) is 18.0 Å². The van der Waals surface area contributed by atoms with Gasteiger partial charge in [0.2, 0.25) is 0 Å². The minimum absolute atomic E-state index is 0.266. The molecule has 0 amide bonds. The number of aryl methyl sites for hydroxylation is 1. The lowest BCUT2D eigenvalue weighted by Crippen LogP contribution is -2.00. The van der Waals surface area contributed by atoms with Crippen molar-refractivity contribution in [1.82, 2.24) is 4.57 Å². The second kappa shape index (κ2) is 6.06. The lowest BCUT2D eigenvalue weighted by molar-refractivity contribution is 0.0600. The molecule has 0 aliphatic heterocycles. The summed E-state index contributed by atoms with van der Waals surface area (Å²) in [5.74, 6) is -0.266. The molecule has 0 N–H and O–H groups in total. The van der Waals surface area contributed by atoms with Crippen LogP contribution in [0.3, 0.4) is 0 Å². The van der Waals surface area contributed by atoms with E-state index < -0.39 is 0 Å². The van der Waals surface area contributed by atoms with Crippen LogP contribution in [0.5, 0.6) is 0 Å². The van der Waals surface area contributed by atoms with Crippen LogP contribution in [0.25, 0.3) is 0 Å². The van der Waals surface area contributed by atoms with Crippen LogP contribution >= 0.6 is 22.6 Å². The molecule has 0 aromatic carbocycles. The molecule has 0 saturated carbocycles. The summed E-state index contributed by atoms with van der Waals surface area (Å²) >= 11 is 2.37. The Morgan fingerprint density at radius 3 is 3.00 bits per heavy atom. The van der Waals surface area contributed by atoms with Crippen molar-refractivity contribution < 1.29 is 9.53 Å². The third-order valence-corrected chi connectivity index (χ3v) is 2.73. The predicted octanol–water partition coefficient (Wildman–Crippen LogP) is 2.49. The standard InChI is InChI=1S/C10H14INO2/c1-14-10(13)9-4-7-12(8-9)6-3-2-5-11/h4,7-8H,2-3,5-6H2,1H3. The van der Waals surface area contributed by atoms with Crippen LogP contribution in [0.4, 0.5) is 0 Å². The first-order valence-corrected chi connectivity index (χ1v) is 6.10. The predicted molar refractivity (Wildman–Crippen MR) is 63.9 cm³/mol. The fourth-order valence-electron chi connectivity index (χ4n) is 1.21. The molecule has 0 fully saturated rings. The number of nitrogens with zero attached hydrogens (tertiary/aromatic N) is 1. The molecule has 1 aromatic heterocycles. The minimum Gasteiger partial charge on any atom is -0.465 e. The average molecular weight is 307 g/mol. The van der Waals surface area contributed by atoms with Gasteiger partial charge in [-0.05, 0) is 23.3 Å². The van der Waals surface area contributed by atoms with Crippen LogP contribution in [0, 0.1) is 0 Å². The van der Waals surface area contributed by atoms with E-state index in [0.717, 1.165) is 13.0 Å². The zero-order valence-electron chi connectivity index (χ0n) is 8.20. The SMILES string of the molecule is COC(=O)c1ccn(CCCCI)c1. The highest BCUT2D eigenvalue weighted by molar-refractivity contribution is 14.1. The van der Waals surface area contributed by atoms with Crippen molar-refractivity contribution in [3.8, 4) is 0 Å². The van der Waals surface area contributed by atoms with E-state index in [9.17, 15) is 4.79 Å². The highest BCUT2D eigenvalue weighted by Gasteiger charge is 2.05. The normalized spacial score (nSPS) is 10.1. The van der Waals surface area contributed by atoms with Crippen molar-refractivity contribution in [2.45, 2.75) is 19.4 Å². The van der Waals surface area contributed by atoms with Crippen molar-refractivity contribution in [2.24, 2.45) is 0 Å². The van der Waals surface area contributed by atoms with E-state index in [4.69, 9.17) is 0 Å². The number of ether oxygens (including phenoxy) is 1. The quantitative estimate of drug-likeness (QED) is 0.362. The Morgan fingerprint density at radius 2 is 2.36 bits per heavy atom. The third-order valence-electron chi connectivity index (χ3n) is 1.97. The molecule has 0 aliphatic rings. The van der Waals surface area contributed by atoms with Crippen molar-refractivity contribution >= 4 is 28.6 Å². The fourth-order valence-corrected chi connectivity index (χ4v) is 1.75. The van der Waals surface area contributed by atoms with Gasteiger partial charge in [-0.25, -0.2) is 4.79 Å². The molecule has 0 radical (unpaired) electrons.